The average molecular weight is 353 g/mol. The Morgan fingerprint density at radius 3 is 2.56 bits per heavy atom. The summed E-state index contributed by atoms with van der Waals surface area (Å²) >= 11 is 1.57. The first-order chi connectivity index (χ1) is 12.1. The number of benzene rings is 2. The summed E-state index contributed by atoms with van der Waals surface area (Å²) in [6.45, 7) is 2.88. The molecule has 2 aromatic carbocycles. The van der Waals surface area contributed by atoms with Crippen molar-refractivity contribution in [2.75, 3.05) is 12.4 Å². The van der Waals surface area contributed by atoms with Gasteiger partial charge < -0.3 is 15.0 Å². The Kier molecular flexibility index (Phi) is 5.00. The molecule has 0 unspecified atom stereocenters. The topological polar surface area (TPSA) is 66.6 Å². The van der Waals surface area contributed by atoms with Crippen LogP contribution in [0, 0.1) is 0 Å². The monoisotopic (exact) mass is 353 g/mol. The lowest BCUT2D eigenvalue weighted by Crippen LogP contribution is -2.14. The fourth-order valence-electron chi connectivity index (χ4n) is 2.65. The van der Waals surface area contributed by atoms with E-state index in [4.69, 9.17) is 5.11 Å². The zero-order chi connectivity index (χ0) is 17.8. The van der Waals surface area contributed by atoms with Crippen molar-refractivity contribution in [1.82, 2.24) is 4.57 Å². The van der Waals surface area contributed by atoms with Gasteiger partial charge in [0.15, 0.2) is 4.80 Å². The van der Waals surface area contributed by atoms with Crippen molar-refractivity contribution in [2.45, 2.75) is 13.5 Å². The maximum atomic E-state index is 11.0. The lowest BCUT2D eigenvalue weighted by molar-refractivity contribution is 0.0697. The largest absolute Gasteiger partial charge is 0.478 e. The van der Waals surface area contributed by atoms with Gasteiger partial charge in [-0.05, 0) is 37.3 Å². The minimum Gasteiger partial charge on any atom is -0.478 e. The summed E-state index contributed by atoms with van der Waals surface area (Å²) in [6.07, 6.45) is 0. The number of rotatable bonds is 5. The van der Waals surface area contributed by atoms with Crippen LogP contribution in [0.25, 0.3) is 11.3 Å². The number of anilines is 1. The molecule has 3 aromatic rings. The number of aromatic nitrogens is 1. The zero-order valence-electron chi connectivity index (χ0n) is 14.1. The minimum absolute atomic E-state index is 0.261. The van der Waals surface area contributed by atoms with E-state index in [9.17, 15) is 4.79 Å². The molecule has 0 amide bonds. The summed E-state index contributed by atoms with van der Waals surface area (Å²) in [5, 5.41) is 14.3. The SMILES string of the molecule is CCn1c(-c2ccccc2NC)csc1=Nc1ccc(C(=O)O)cc1. The molecule has 6 heteroatoms. The fourth-order valence-corrected chi connectivity index (χ4v) is 3.64. The summed E-state index contributed by atoms with van der Waals surface area (Å²) in [6, 6.07) is 14.8. The third-order valence-electron chi connectivity index (χ3n) is 3.93. The molecule has 0 radical (unpaired) electrons. The molecule has 0 spiro atoms. The number of nitrogens with zero attached hydrogens (tertiary/aromatic N) is 2. The Balaban J connectivity index is 2.07. The van der Waals surface area contributed by atoms with Crippen molar-refractivity contribution in [3.8, 4) is 11.3 Å². The van der Waals surface area contributed by atoms with Crippen molar-refractivity contribution in [1.29, 1.82) is 0 Å². The molecule has 2 N–H and O–H groups in total. The molecule has 0 aliphatic heterocycles. The number of hydrogen-bond donors (Lipinski definition) is 2. The van der Waals surface area contributed by atoms with Crippen molar-refractivity contribution in [2.24, 2.45) is 4.99 Å². The third kappa shape index (κ3) is 3.49. The Hall–Kier alpha value is -2.86. The molecule has 0 bridgehead atoms. The van der Waals surface area contributed by atoms with Gasteiger partial charge in [0.2, 0.25) is 0 Å². The molecule has 3 rings (SSSR count). The lowest BCUT2D eigenvalue weighted by atomic mass is 10.1. The molecule has 0 aliphatic rings. The van der Waals surface area contributed by atoms with Crippen LogP contribution in [0.1, 0.15) is 17.3 Å². The smallest absolute Gasteiger partial charge is 0.335 e. The van der Waals surface area contributed by atoms with Crippen molar-refractivity contribution in [3.05, 3.63) is 64.3 Å². The van der Waals surface area contributed by atoms with Gasteiger partial charge in [-0.15, -0.1) is 11.3 Å². The van der Waals surface area contributed by atoms with Gasteiger partial charge >= 0.3 is 5.97 Å². The Morgan fingerprint density at radius 2 is 1.92 bits per heavy atom. The molecular weight excluding hydrogens is 334 g/mol. The van der Waals surface area contributed by atoms with E-state index in [0.717, 1.165) is 34.0 Å². The molecule has 5 nitrogen and oxygen atoms in total. The highest BCUT2D eigenvalue weighted by Gasteiger charge is 2.10. The number of carboxylic acids is 1. The van der Waals surface area contributed by atoms with Crippen LogP contribution in [0.4, 0.5) is 11.4 Å². The van der Waals surface area contributed by atoms with Gasteiger partial charge in [-0.2, -0.15) is 0 Å². The van der Waals surface area contributed by atoms with E-state index in [2.05, 4.69) is 39.3 Å². The maximum absolute atomic E-state index is 11.0. The average Bonchev–Trinajstić information content (AvgIpc) is 3.04. The maximum Gasteiger partial charge on any atom is 0.335 e. The molecule has 0 saturated heterocycles. The van der Waals surface area contributed by atoms with E-state index in [1.54, 1.807) is 35.6 Å². The van der Waals surface area contributed by atoms with Gasteiger partial charge in [-0.1, -0.05) is 18.2 Å². The minimum atomic E-state index is -0.933. The van der Waals surface area contributed by atoms with Gasteiger partial charge in [0.1, 0.15) is 0 Å². The number of hydrogen-bond acceptors (Lipinski definition) is 4. The van der Waals surface area contributed by atoms with Crippen LogP contribution in [0.3, 0.4) is 0 Å². The zero-order valence-corrected chi connectivity index (χ0v) is 14.9. The highest BCUT2D eigenvalue weighted by molar-refractivity contribution is 7.07. The molecule has 25 heavy (non-hydrogen) atoms. The number of nitrogens with one attached hydrogen (secondary N) is 1. The molecule has 0 fully saturated rings. The normalized spacial score (nSPS) is 11.5. The van der Waals surface area contributed by atoms with E-state index >= 15 is 0 Å². The second-order valence-electron chi connectivity index (χ2n) is 5.41. The molecule has 1 heterocycles. The van der Waals surface area contributed by atoms with E-state index in [1.807, 2.05) is 19.2 Å². The Morgan fingerprint density at radius 1 is 1.20 bits per heavy atom. The van der Waals surface area contributed by atoms with Gasteiger partial charge in [-0.25, -0.2) is 9.79 Å². The van der Waals surface area contributed by atoms with Crippen LogP contribution < -0.4 is 10.1 Å². The van der Waals surface area contributed by atoms with E-state index < -0.39 is 5.97 Å². The highest BCUT2D eigenvalue weighted by atomic mass is 32.1. The summed E-state index contributed by atoms with van der Waals surface area (Å²) in [4.78, 5) is 16.5. The second kappa shape index (κ2) is 7.36. The first-order valence-corrected chi connectivity index (χ1v) is 8.85. The van der Waals surface area contributed by atoms with Gasteiger partial charge in [0, 0.05) is 30.2 Å². The van der Waals surface area contributed by atoms with Gasteiger partial charge in [0.25, 0.3) is 0 Å². The number of carboxylic acid groups (broad SMARTS) is 1. The number of aromatic carboxylic acids is 1. The van der Waals surface area contributed by atoms with Crippen LogP contribution in [0.5, 0.6) is 0 Å². The highest BCUT2D eigenvalue weighted by Crippen LogP contribution is 2.28. The molecule has 128 valence electrons. The lowest BCUT2D eigenvalue weighted by Gasteiger charge is -2.11. The molecular formula is C19H19N3O2S. The predicted molar refractivity (Wildman–Crippen MR) is 102 cm³/mol. The first kappa shape index (κ1) is 17.0. The van der Waals surface area contributed by atoms with E-state index in [-0.39, 0.29) is 5.56 Å². The predicted octanol–water partition coefficient (Wildman–Crippen LogP) is 4.21. The molecule has 0 atom stereocenters. The fraction of sp³-hybridized carbons (Fsp3) is 0.158. The van der Waals surface area contributed by atoms with Crippen molar-refractivity contribution in [3.63, 3.8) is 0 Å². The number of carbonyl (C=O) groups is 1. The van der Waals surface area contributed by atoms with Crippen LogP contribution in [-0.4, -0.2) is 22.7 Å². The van der Waals surface area contributed by atoms with Gasteiger partial charge in [-0.3, -0.25) is 0 Å². The number of thiazole rings is 1. The number of para-hydroxylation sites is 1. The van der Waals surface area contributed by atoms with Crippen LogP contribution in [-0.2, 0) is 6.54 Å². The molecule has 1 aromatic heterocycles. The first-order valence-electron chi connectivity index (χ1n) is 7.97. The third-order valence-corrected chi connectivity index (χ3v) is 4.79. The van der Waals surface area contributed by atoms with Crippen LogP contribution in [0.2, 0.25) is 0 Å². The summed E-state index contributed by atoms with van der Waals surface area (Å²) in [5.74, 6) is -0.933. The standard InChI is InChI=1S/C19H19N3O2S/c1-3-22-17(15-6-4-5-7-16(15)20-2)12-25-19(22)21-14-10-8-13(9-11-14)18(23)24/h4-12,20H,3H2,1-2H3,(H,23,24). The molecule has 0 saturated carbocycles. The van der Waals surface area contributed by atoms with E-state index in [1.165, 1.54) is 0 Å². The second-order valence-corrected chi connectivity index (χ2v) is 6.24. The van der Waals surface area contributed by atoms with E-state index in [0.29, 0.717) is 0 Å². The Bertz CT molecular complexity index is 955. The summed E-state index contributed by atoms with van der Waals surface area (Å²) in [7, 11) is 1.91. The summed E-state index contributed by atoms with van der Waals surface area (Å²) in [5.41, 5.74) is 4.31. The van der Waals surface area contributed by atoms with Gasteiger partial charge in [0.05, 0.1) is 16.9 Å². The van der Waals surface area contributed by atoms with Crippen LogP contribution in [0.15, 0.2) is 58.9 Å². The van der Waals surface area contributed by atoms with Crippen molar-refractivity contribution >= 4 is 28.7 Å². The summed E-state index contributed by atoms with van der Waals surface area (Å²) < 4.78 is 2.16. The van der Waals surface area contributed by atoms with Crippen molar-refractivity contribution < 1.29 is 9.90 Å². The Labute approximate surface area is 149 Å². The molecule has 0 aliphatic carbocycles. The quantitative estimate of drug-likeness (QED) is 0.722. The van der Waals surface area contributed by atoms with Crippen LogP contribution >= 0.6 is 11.3 Å².